The van der Waals surface area contributed by atoms with Gasteiger partial charge in [0.25, 0.3) is 0 Å². The van der Waals surface area contributed by atoms with Crippen molar-refractivity contribution >= 4 is 0 Å². The van der Waals surface area contributed by atoms with E-state index in [0.717, 1.165) is 5.56 Å². The normalized spacial score (nSPS) is 15.4. The number of halogens is 1. The van der Waals surface area contributed by atoms with Crippen molar-refractivity contribution in [3.63, 3.8) is 0 Å². The second kappa shape index (κ2) is 4.35. The summed E-state index contributed by atoms with van der Waals surface area (Å²) in [5.41, 5.74) is 6.38. The van der Waals surface area contributed by atoms with Crippen LogP contribution in [0.25, 0.3) is 0 Å². The Morgan fingerprint density at radius 2 is 1.92 bits per heavy atom. The largest absolute Gasteiger partial charge is 0.391 e. The van der Waals surface area contributed by atoms with Gasteiger partial charge in [-0.05, 0) is 31.0 Å². The predicted octanol–water partition coefficient (Wildman–Crippen LogP) is 1.08. The molecule has 0 heterocycles. The molecule has 2 nitrogen and oxygen atoms in total. The monoisotopic (exact) mass is 183 g/mol. The van der Waals surface area contributed by atoms with Gasteiger partial charge in [0.05, 0.1) is 6.10 Å². The van der Waals surface area contributed by atoms with E-state index in [2.05, 4.69) is 0 Å². The Labute approximate surface area is 77.2 Å². The summed E-state index contributed by atoms with van der Waals surface area (Å²) in [5, 5.41) is 9.43. The van der Waals surface area contributed by atoms with Crippen LogP contribution < -0.4 is 5.73 Å². The molecule has 0 amide bonds. The summed E-state index contributed by atoms with van der Waals surface area (Å²) in [5.74, 6) is -0.265. The lowest BCUT2D eigenvalue weighted by Gasteiger charge is -2.13. The van der Waals surface area contributed by atoms with E-state index >= 15 is 0 Å². The average Bonchev–Trinajstić information content (AvgIpc) is 2.08. The Kier molecular flexibility index (Phi) is 3.39. The van der Waals surface area contributed by atoms with Crippen molar-refractivity contribution in [1.29, 1.82) is 0 Å². The van der Waals surface area contributed by atoms with Crippen LogP contribution in [-0.4, -0.2) is 17.3 Å². The number of hydrogen-bond acceptors (Lipinski definition) is 2. The van der Waals surface area contributed by atoms with Crippen LogP contribution in [0.4, 0.5) is 4.39 Å². The molecule has 3 N–H and O–H groups in total. The molecule has 1 rings (SSSR count). The van der Waals surface area contributed by atoms with Gasteiger partial charge in [0.2, 0.25) is 0 Å². The van der Waals surface area contributed by atoms with Gasteiger partial charge in [-0.1, -0.05) is 12.1 Å². The van der Waals surface area contributed by atoms with Crippen LogP contribution in [0.5, 0.6) is 0 Å². The van der Waals surface area contributed by atoms with Crippen LogP contribution in [0, 0.1) is 5.82 Å². The first-order valence-electron chi connectivity index (χ1n) is 4.27. The summed E-state index contributed by atoms with van der Waals surface area (Å²) in [6.45, 7) is 1.74. The van der Waals surface area contributed by atoms with E-state index < -0.39 is 6.10 Å². The summed E-state index contributed by atoms with van der Waals surface area (Å²) in [6, 6.07) is 5.80. The standard InChI is InChI=1S/C10H14FNO/c1-7(12)10(13)6-8-2-4-9(11)5-3-8/h2-5,7,10,13H,6,12H2,1H3/t7-,10+/m0/s1. The zero-order valence-electron chi connectivity index (χ0n) is 7.57. The highest BCUT2D eigenvalue weighted by atomic mass is 19.1. The molecule has 0 aliphatic rings. The van der Waals surface area contributed by atoms with Crippen LogP contribution >= 0.6 is 0 Å². The van der Waals surface area contributed by atoms with Gasteiger partial charge in [-0.2, -0.15) is 0 Å². The molecule has 72 valence electrons. The number of rotatable bonds is 3. The molecule has 0 aliphatic carbocycles. The molecule has 0 saturated carbocycles. The number of hydrogen-bond donors (Lipinski definition) is 2. The SMILES string of the molecule is C[C@H](N)[C@H](O)Cc1ccc(F)cc1. The third-order valence-corrected chi connectivity index (χ3v) is 1.97. The fourth-order valence-electron chi connectivity index (χ4n) is 1.05. The van der Waals surface area contributed by atoms with Crippen LogP contribution in [0.2, 0.25) is 0 Å². The number of benzene rings is 1. The fourth-order valence-corrected chi connectivity index (χ4v) is 1.05. The first-order chi connectivity index (χ1) is 6.09. The molecular weight excluding hydrogens is 169 g/mol. The van der Waals surface area contributed by atoms with Gasteiger partial charge in [-0.3, -0.25) is 0 Å². The highest BCUT2D eigenvalue weighted by Crippen LogP contribution is 2.06. The van der Waals surface area contributed by atoms with Gasteiger partial charge in [0.15, 0.2) is 0 Å². The van der Waals surface area contributed by atoms with Gasteiger partial charge in [0, 0.05) is 6.04 Å². The van der Waals surface area contributed by atoms with Crippen LogP contribution in [-0.2, 0) is 6.42 Å². The lowest BCUT2D eigenvalue weighted by molar-refractivity contribution is 0.151. The quantitative estimate of drug-likeness (QED) is 0.736. The Morgan fingerprint density at radius 1 is 1.38 bits per heavy atom. The minimum Gasteiger partial charge on any atom is -0.391 e. The van der Waals surface area contributed by atoms with E-state index in [1.54, 1.807) is 19.1 Å². The highest BCUT2D eigenvalue weighted by Gasteiger charge is 2.09. The van der Waals surface area contributed by atoms with Crippen molar-refractivity contribution in [1.82, 2.24) is 0 Å². The summed E-state index contributed by atoms with van der Waals surface area (Å²) < 4.78 is 12.5. The lowest BCUT2D eigenvalue weighted by Crippen LogP contribution is -2.33. The maximum Gasteiger partial charge on any atom is 0.123 e. The van der Waals surface area contributed by atoms with E-state index in [4.69, 9.17) is 5.73 Å². The van der Waals surface area contributed by atoms with Gasteiger partial charge < -0.3 is 10.8 Å². The van der Waals surface area contributed by atoms with E-state index in [0.29, 0.717) is 6.42 Å². The highest BCUT2D eigenvalue weighted by molar-refractivity contribution is 5.17. The predicted molar refractivity (Wildman–Crippen MR) is 49.8 cm³/mol. The van der Waals surface area contributed by atoms with Crippen LogP contribution in [0.15, 0.2) is 24.3 Å². The Hall–Kier alpha value is -0.930. The molecular formula is C10H14FNO. The average molecular weight is 183 g/mol. The van der Waals surface area contributed by atoms with E-state index in [-0.39, 0.29) is 11.9 Å². The molecule has 0 fully saturated rings. The van der Waals surface area contributed by atoms with Crippen molar-refractivity contribution in [2.75, 3.05) is 0 Å². The topological polar surface area (TPSA) is 46.2 Å². The van der Waals surface area contributed by atoms with Crippen molar-refractivity contribution < 1.29 is 9.50 Å². The second-order valence-electron chi connectivity index (χ2n) is 3.26. The van der Waals surface area contributed by atoms with Crippen molar-refractivity contribution in [2.45, 2.75) is 25.5 Å². The van der Waals surface area contributed by atoms with Gasteiger partial charge in [0.1, 0.15) is 5.82 Å². The molecule has 1 aromatic rings. The van der Waals surface area contributed by atoms with Crippen LogP contribution in [0.1, 0.15) is 12.5 Å². The second-order valence-corrected chi connectivity index (χ2v) is 3.26. The zero-order valence-corrected chi connectivity index (χ0v) is 7.57. The lowest BCUT2D eigenvalue weighted by atomic mass is 10.0. The van der Waals surface area contributed by atoms with Gasteiger partial charge in [-0.15, -0.1) is 0 Å². The molecule has 0 unspecified atom stereocenters. The molecule has 0 aromatic heterocycles. The Balaban J connectivity index is 2.59. The number of aliphatic hydroxyl groups is 1. The maximum atomic E-state index is 12.5. The number of nitrogens with two attached hydrogens (primary N) is 1. The Bertz CT molecular complexity index is 258. The summed E-state index contributed by atoms with van der Waals surface area (Å²) >= 11 is 0. The third kappa shape index (κ3) is 3.13. The smallest absolute Gasteiger partial charge is 0.123 e. The summed E-state index contributed by atoms with van der Waals surface area (Å²) in [4.78, 5) is 0. The molecule has 3 heteroatoms. The third-order valence-electron chi connectivity index (χ3n) is 1.97. The zero-order chi connectivity index (χ0) is 9.84. The summed E-state index contributed by atoms with van der Waals surface area (Å²) in [7, 11) is 0. The van der Waals surface area contributed by atoms with E-state index in [9.17, 15) is 9.50 Å². The maximum absolute atomic E-state index is 12.5. The van der Waals surface area contributed by atoms with Gasteiger partial charge >= 0.3 is 0 Å². The minimum atomic E-state index is -0.564. The molecule has 0 spiro atoms. The minimum absolute atomic E-state index is 0.259. The van der Waals surface area contributed by atoms with E-state index in [1.165, 1.54) is 12.1 Å². The molecule has 0 saturated heterocycles. The van der Waals surface area contributed by atoms with Crippen molar-refractivity contribution in [3.8, 4) is 0 Å². The molecule has 0 radical (unpaired) electrons. The van der Waals surface area contributed by atoms with E-state index in [1.807, 2.05) is 0 Å². The summed E-state index contributed by atoms with van der Waals surface area (Å²) in [6.07, 6.45) is -0.0942. The molecule has 0 aliphatic heterocycles. The first-order valence-corrected chi connectivity index (χ1v) is 4.27. The molecule has 13 heavy (non-hydrogen) atoms. The number of aliphatic hydroxyl groups excluding tert-OH is 1. The molecule has 2 atom stereocenters. The first kappa shape index (κ1) is 10.2. The Morgan fingerprint density at radius 3 is 2.38 bits per heavy atom. The van der Waals surface area contributed by atoms with Crippen molar-refractivity contribution in [3.05, 3.63) is 35.6 Å². The molecule has 1 aromatic carbocycles. The van der Waals surface area contributed by atoms with Gasteiger partial charge in [-0.25, -0.2) is 4.39 Å². The van der Waals surface area contributed by atoms with Crippen LogP contribution in [0.3, 0.4) is 0 Å². The molecule has 0 bridgehead atoms. The van der Waals surface area contributed by atoms with Crippen molar-refractivity contribution in [2.24, 2.45) is 5.73 Å². The fraction of sp³-hybridized carbons (Fsp3) is 0.400.